The maximum absolute atomic E-state index is 12.9. The van der Waals surface area contributed by atoms with E-state index in [0.29, 0.717) is 0 Å². The molecule has 1 saturated heterocycles. The van der Waals surface area contributed by atoms with Gasteiger partial charge in [0, 0.05) is 23.7 Å². The van der Waals surface area contributed by atoms with Gasteiger partial charge in [-0.3, -0.25) is 9.59 Å². The molecule has 1 aliphatic heterocycles. The fourth-order valence-corrected chi connectivity index (χ4v) is 8.19. The molecule has 0 N–H and O–H groups in total. The molecule has 4 aromatic carbocycles. The average Bonchev–Trinajstić information content (AvgIpc) is 3.21. The van der Waals surface area contributed by atoms with Gasteiger partial charge in [-0.15, -0.1) is 0 Å². The van der Waals surface area contributed by atoms with Crippen LogP contribution in [0.1, 0.15) is 79.3 Å². The number of carbonyl (C=O) groups excluding carboxylic acids is 2. The zero-order valence-corrected chi connectivity index (χ0v) is 18.8. The van der Waals surface area contributed by atoms with Crippen LogP contribution in [-0.2, 0) is 14.3 Å². The summed E-state index contributed by atoms with van der Waals surface area (Å²) < 4.78 is 5.26. The molecule has 4 bridgehead atoms. The summed E-state index contributed by atoms with van der Waals surface area (Å²) >= 11 is 0. The van der Waals surface area contributed by atoms with Gasteiger partial charge in [-0.1, -0.05) is 84.9 Å². The third-order valence-electron chi connectivity index (χ3n) is 9.33. The number of ether oxygens (including phenoxy) is 1. The minimum absolute atomic E-state index is 0.133. The lowest BCUT2D eigenvalue weighted by molar-refractivity contribution is -0.153. The van der Waals surface area contributed by atoms with Crippen molar-refractivity contribution in [2.24, 2.45) is 11.8 Å². The van der Waals surface area contributed by atoms with E-state index < -0.39 is 11.8 Å². The second kappa shape index (κ2) is 5.98. The van der Waals surface area contributed by atoms with Crippen LogP contribution in [0.25, 0.3) is 0 Å². The Kier molecular flexibility index (Phi) is 3.14. The van der Waals surface area contributed by atoms with E-state index in [9.17, 15) is 9.59 Å². The standard InChI is InChI=1S/C32H20O3/c33-31-29-27-19-11-5-6-12-20(19)28(30(29)32(34)35-31)24-14-22-21(13-23(24)27)25-15-7-1-2-8-16(15)26(22)18-10-4-3-9-17(18)25/h1-14,25-30H/t25?,26?,27-,28-,29+,30+/m0/s1. The molecule has 166 valence electrons. The van der Waals surface area contributed by atoms with E-state index in [1.54, 1.807) is 0 Å². The number of carbonyl (C=O) groups is 2. The van der Waals surface area contributed by atoms with Crippen LogP contribution in [0.5, 0.6) is 0 Å². The summed E-state index contributed by atoms with van der Waals surface area (Å²) in [5, 5.41) is 0. The van der Waals surface area contributed by atoms with Crippen molar-refractivity contribution in [3.05, 3.63) is 141 Å². The zero-order valence-electron chi connectivity index (χ0n) is 18.8. The molecule has 0 saturated carbocycles. The van der Waals surface area contributed by atoms with Gasteiger partial charge in [0.25, 0.3) is 0 Å². The van der Waals surface area contributed by atoms with Crippen LogP contribution >= 0.6 is 0 Å². The largest absolute Gasteiger partial charge is 0.393 e. The second-order valence-electron chi connectivity index (χ2n) is 10.6. The first-order valence-corrected chi connectivity index (χ1v) is 12.4. The Morgan fingerprint density at radius 2 is 0.771 bits per heavy atom. The monoisotopic (exact) mass is 452 g/mol. The van der Waals surface area contributed by atoms with Crippen LogP contribution in [0.15, 0.2) is 84.9 Å². The molecule has 0 unspecified atom stereocenters. The molecule has 3 nitrogen and oxygen atoms in total. The third kappa shape index (κ3) is 1.98. The summed E-state index contributed by atoms with van der Waals surface area (Å²) in [5.74, 6) is -1.44. The molecule has 4 aromatic rings. The Balaban J connectivity index is 1.36. The van der Waals surface area contributed by atoms with Gasteiger partial charge in [-0.05, 0) is 55.6 Å². The lowest BCUT2D eigenvalue weighted by Gasteiger charge is -2.48. The number of cyclic esters (lactones) is 2. The van der Waals surface area contributed by atoms with Crippen LogP contribution in [0.2, 0.25) is 0 Å². The predicted molar refractivity (Wildman–Crippen MR) is 129 cm³/mol. The van der Waals surface area contributed by atoms with Crippen LogP contribution in [0.3, 0.4) is 0 Å². The molecule has 1 fully saturated rings. The topological polar surface area (TPSA) is 43.4 Å². The Hall–Kier alpha value is -3.98. The van der Waals surface area contributed by atoms with Crippen molar-refractivity contribution >= 4 is 11.9 Å². The highest BCUT2D eigenvalue weighted by molar-refractivity contribution is 6.00. The summed E-state index contributed by atoms with van der Waals surface area (Å²) in [6.45, 7) is 0. The van der Waals surface area contributed by atoms with E-state index in [4.69, 9.17) is 4.74 Å². The number of hydrogen-bond donors (Lipinski definition) is 0. The van der Waals surface area contributed by atoms with Gasteiger partial charge in [0.2, 0.25) is 0 Å². The molecule has 0 amide bonds. The molecule has 7 aliphatic rings. The fraction of sp³-hybridized carbons (Fsp3) is 0.188. The molecular weight excluding hydrogens is 432 g/mol. The minimum Gasteiger partial charge on any atom is -0.393 e. The Morgan fingerprint density at radius 3 is 1.14 bits per heavy atom. The summed E-state index contributed by atoms with van der Waals surface area (Å²) in [5.41, 5.74) is 13.0. The van der Waals surface area contributed by atoms with Gasteiger partial charge >= 0.3 is 11.9 Å². The highest BCUT2D eigenvalue weighted by atomic mass is 16.6. The molecular formula is C32H20O3. The quantitative estimate of drug-likeness (QED) is 0.223. The van der Waals surface area contributed by atoms with Gasteiger partial charge in [-0.2, -0.15) is 0 Å². The van der Waals surface area contributed by atoms with E-state index in [2.05, 4.69) is 72.8 Å². The molecule has 1 heterocycles. The normalized spacial score (nSPS) is 29.5. The highest BCUT2D eigenvalue weighted by Crippen LogP contribution is 2.63. The van der Waals surface area contributed by atoms with E-state index >= 15 is 0 Å². The third-order valence-corrected chi connectivity index (χ3v) is 9.33. The number of esters is 2. The first-order valence-electron chi connectivity index (χ1n) is 12.4. The molecule has 3 heteroatoms. The number of hydrogen-bond acceptors (Lipinski definition) is 3. The summed E-state index contributed by atoms with van der Waals surface area (Å²) in [7, 11) is 0. The SMILES string of the molecule is O=C1OC(=O)[C@@H]2[C@H]3c4ccccc4[C@@H](c4cc5c(cc43)C3c4ccccc4C5c4ccccc43)[C@@H]12. The maximum atomic E-state index is 12.9. The lowest BCUT2D eigenvalue weighted by Crippen LogP contribution is -2.42. The Labute approximate surface area is 202 Å². The molecule has 0 radical (unpaired) electrons. The van der Waals surface area contributed by atoms with E-state index in [1.165, 1.54) is 55.6 Å². The van der Waals surface area contributed by atoms with Crippen molar-refractivity contribution in [3.8, 4) is 0 Å². The van der Waals surface area contributed by atoms with Crippen LogP contribution in [0.4, 0.5) is 0 Å². The Morgan fingerprint density at radius 1 is 0.429 bits per heavy atom. The van der Waals surface area contributed by atoms with Crippen LogP contribution in [-0.4, -0.2) is 11.9 Å². The van der Waals surface area contributed by atoms with Gasteiger partial charge in [-0.25, -0.2) is 0 Å². The first-order chi connectivity index (χ1) is 17.2. The summed E-state index contributed by atoms with van der Waals surface area (Å²) in [6, 6.07) is 30.8. The lowest BCUT2D eigenvalue weighted by atomic mass is 9.53. The summed E-state index contributed by atoms with van der Waals surface area (Å²) in [4.78, 5) is 25.9. The van der Waals surface area contributed by atoms with E-state index in [0.717, 1.165) is 0 Å². The minimum atomic E-state index is -0.423. The van der Waals surface area contributed by atoms with Crippen molar-refractivity contribution < 1.29 is 14.3 Å². The van der Waals surface area contributed by atoms with Crippen molar-refractivity contribution in [2.75, 3.05) is 0 Å². The van der Waals surface area contributed by atoms with Gasteiger partial charge < -0.3 is 4.74 Å². The van der Waals surface area contributed by atoms with Crippen LogP contribution in [0, 0.1) is 11.8 Å². The van der Waals surface area contributed by atoms with Crippen molar-refractivity contribution in [2.45, 2.75) is 23.7 Å². The molecule has 0 aromatic heterocycles. The smallest absolute Gasteiger partial charge is 0.318 e. The van der Waals surface area contributed by atoms with Gasteiger partial charge in [0.1, 0.15) is 0 Å². The number of rotatable bonds is 0. The van der Waals surface area contributed by atoms with E-state index in [1.807, 2.05) is 12.1 Å². The number of benzene rings is 4. The second-order valence-corrected chi connectivity index (χ2v) is 10.6. The van der Waals surface area contributed by atoms with Gasteiger partial charge in [0.15, 0.2) is 0 Å². The fourth-order valence-electron chi connectivity index (χ4n) is 8.19. The average molecular weight is 453 g/mol. The summed E-state index contributed by atoms with van der Waals surface area (Å²) in [6.07, 6.45) is 0. The van der Waals surface area contributed by atoms with Crippen molar-refractivity contribution in [1.29, 1.82) is 0 Å². The van der Waals surface area contributed by atoms with Gasteiger partial charge in [0.05, 0.1) is 11.8 Å². The molecule has 0 spiro atoms. The van der Waals surface area contributed by atoms with Crippen molar-refractivity contribution in [1.82, 2.24) is 0 Å². The van der Waals surface area contributed by atoms with E-state index in [-0.39, 0.29) is 35.6 Å². The van der Waals surface area contributed by atoms with Crippen molar-refractivity contribution in [3.63, 3.8) is 0 Å². The molecule has 35 heavy (non-hydrogen) atoms. The predicted octanol–water partition coefficient (Wildman–Crippen LogP) is 5.58. The van der Waals surface area contributed by atoms with Crippen LogP contribution < -0.4 is 0 Å². The first kappa shape index (κ1) is 18.4. The molecule has 11 rings (SSSR count). The molecule has 6 aliphatic carbocycles. The zero-order chi connectivity index (χ0) is 23.0. The molecule has 4 atom stereocenters. The maximum Gasteiger partial charge on any atom is 0.318 e. The Bertz CT molecular complexity index is 1500. The highest BCUT2D eigenvalue weighted by Gasteiger charge is 2.61.